The molecule has 1 aliphatic rings. The lowest BCUT2D eigenvalue weighted by molar-refractivity contribution is -0.143. The normalized spacial score (nSPS) is 19.0. The van der Waals surface area contributed by atoms with Crippen LogP contribution in [0.15, 0.2) is 12.5 Å². The largest absolute Gasteiger partial charge is 0.480 e. The molecule has 0 aromatic carbocycles. The van der Waals surface area contributed by atoms with Crippen LogP contribution in [0.2, 0.25) is 0 Å². The van der Waals surface area contributed by atoms with Gasteiger partial charge in [-0.25, -0.2) is 9.78 Å². The van der Waals surface area contributed by atoms with Crippen LogP contribution >= 0.6 is 0 Å². The molecule has 11 heteroatoms. The van der Waals surface area contributed by atoms with Crippen molar-refractivity contribution in [2.45, 2.75) is 70.6 Å². The maximum absolute atomic E-state index is 13.0. The van der Waals surface area contributed by atoms with Gasteiger partial charge in [0.25, 0.3) is 0 Å². The fourth-order valence-corrected chi connectivity index (χ4v) is 3.62. The first-order valence-corrected chi connectivity index (χ1v) is 10.5. The average Bonchev–Trinajstić information content (AvgIpc) is 3.37. The van der Waals surface area contributed by atoms with E-state index in [0.717, 1.165) is 0 Å². The third-order valence-corrected chi connectivity index (χ3v) is 5.16. The minimum absolute atomic E-state index is 0.0540. The molecule has 0 bridgehead atoms. The molecule has 2 heterocycles. The van der Waals surface area contributed by atoms with E-state index in [1.54, 1.807) is 6.92 Å². The molecule has 4 unspecified atom stereocenters. The predicted octanol–water partition coefficient (Wildman–Crippen LogP) is -0.609. The monoisotopic (exact) mass is 436 g/mol. The second kappa shape index (κ2) is 10.9. The minimum Gasteiger partial charge on any atom is -0.480 e. The van der Waals surface area contributed by atoms with Gasteiger partial charge in [0.15, 0.2) is 0 Å². The maximum atomic E-state index is 13.0. The van der Waals surface area contributed by atoms with Crippen LogP contribution in [0, 0.1) is 5.92 Å². The van der Waals surface area contributed by atoms with Crippen molar-refractivity contribution in [3.63, 3.8) is 0 Å². The molecule has 0 saturated carbocycles. The Hall–Kier alpha value is -2.95. The number of rotatable bonds is 10. The lowest BCUT2D eigenvalue weighted by atomic mass is 10.0. The highest BCUT2D eigenvalue weighted by Crippen LogP contribution is 2.19. The van der Waals surface area contributed by atoms with Gasteiger partial charge in [-0.1, -0.05) is 13.8 Å². The summed E-state index contributed by atoms with van der Waals surface area (Å²) in [6, 6.07) is -3.56. The molecule has 1 aromatic heterocycles. The Morgan fingerprint density at radius 3 is 2.52 bits per heavy atom. The summed E-state index contributed by atoms with van der Waals surface area (Å²) in [5.41, 5.74) is 6.29. The highest BCUT2D eigenvalue weighted by atomic mass is 16.4. The number of carbonyl (C=O) groups is 4. The Kier molecular flexibility index (Phi) is 8.55. The Bertz CT molecular complexity index is 779. The van der Waals surface area contributed by atoms with Crippen molar-refractivity contribution >= 4 is 23.7 Å². The van der Waals surface area contributed by atoms with E-state index >= 15 is 0 Å². The number of aromatic amines is 1. The van der Waals surface area contributed by atoms with E-state index < -0.39 is 42.0 Å². The lowest BCUT2D eigenvalue weighted by Gasteiger charge is -2.28. The van der Waals surface area contributed by atoms with E-state index in [-0.39, 0.29) is 24.7 Å². The molecule has 0 spiro atoms. The van der Waals surface area contributed by atoms with Crippen molar-refractivity contribution in [2.24, 2.45) is 11.7 Å². The zero-order valence-electron chi connectivity index (χ0n) is 18.1. The Morgan fingerprint density at radius 2 is 1.97 bits per heavy atom. The summed E-state index contributed by atoms with van der Waals surface area (Å²) in [5.74, 6) is -2.49. The van der Waals surface area contributed by atoms with E-state index in [9.17, 15) is 24.3 Å². The number of carboxylic acids is 1. The molecule has 2 rings (SSSR count). The summed E-state index contributed by atoms with van der Waals surface area (Å²) < 4.78 is 0. The van der Waals surface area contributed by atoms with Gasteiger partial charge in [0.2, 0.25) is 17.7 Å². The Balaban J connectivity index is 2.15. The SMILES string of the molecule is CC(C)CC(NC(=O)C(Cc1cnc[nH]1)NC(=O)C1CCCN1C(=O)C(C)N)C(=O)O. The first-order chi connectivity index (χ1) is 14.6. The van der Waals surface area contributed by atoms with Crippen molar-refractivity contribution in [1.29, 1.82) is 0 Å². The van der Waals surface area contributed by atoms with Crippen molar-refractivity contribution < 1.29 is 24.3 Å². The molecule has 6 N–H and O–H groups in total. The summed E-state index contributed by atoms with van der Waals surface area (Å²) in [6.45, 7) is 5.70. The number of likely N-dealkylation sites (tertiary alicyclic amines) is 1. The summed E-state index contributed by atoms with van der Waals surface area (Å²) >= 11 is 0. The van der Waals surface area contributed by atoms with E-state index in [1.165, 1.54) is 17.4 Å². The standard InChI is InChI=1S/C20H32N6O5/c1-11(2)7-15(20(30)31)25-17(27)14(8-13-9-22-10-23-13)24-18(28)16-5-4-6-26(16)19(29)12(3)21/h9-12,14-16H,4-8,21H2,1-3H3,(H,22,23)(H,24,28)(H,25,27)(H,30,31). The van der Waals surface area contributed by atoms with Gasteiger partial charge in [-0.15, -0.1) is 0 Å². The summed E-state index contributed by atoms with van der Waals surface area (Å²) in [7, 11) is 0. The summed E-state index contributed by atoms with van der Waals surface area (Å²) in [4.78, 5) is 58.0. The van der Waals surface area contributed by atoms with Crippen LogP contribution in [0.5, 0.6) is 0 Å². The smallest absolute Gasteiger partial charge is 0.326 e. The van der Waals surface area contributed by atoms with Gasteiger partial charge in [-0.05, 0) is 32.1 Å². The van der Waals surface area contributed by atoms with Crippen LogP contribution in [0.25, 0.3) is 0 Å². The number of nitrogens with zero attached hydrogens (tertiary/aromatic N) is 2. The van der Waals surface area contributed by atoms with E-state index in [2.05, 4.69) is 20.6 Å². The van der Waals surface area contributed by atoms with Gasteiger partial charge < -0.3 is 31.4 Å². The van der Waals surface area contributed by atoms with Gasteiger partial charge in [0.1, 0.15) is 18.1 Å². The number of amides is 3. The number of aromatic nitrogens is 2. The zero-order valence-corrected chi connectivity index (χ0v) is 18.1. The topological polar surface area (TPSA) is 171 Å². The second-order valence-corrected chi connectivity index (χ2v) is 8.35. The molecule has 3 amide bonds. The molecular formula is C20H32N6O5. The number of imidazole rings is 1. The van der Waals surface area contributed by atoms with Crippen molar-refractivity contribution in [2.75, 3.05) is 6.54 Å². The van der Waals surface area contributed by atoms with Crippen molar-refractivity contribution in [3.05, 3.63) is 18.2 Å². The van der Waals surface area contributed by atoms with Gasteiger partial charge >= 0.3 is 5.97 Å². The number of nitrogens with two attached hydrogens (primary N) is 1. The quantitative estimate of drug-likeness (QED) is 0.326. The molecule has 1 saturated heterocycles. The molecule has 11 nitrogen and oxygen atoms in total. The lowest BCUT2D eigenvalue weighted by Crippen LogP contribution is -2.57. The van der Waals surface area contributed by atoms with Crippen molar-refractivity contribution in [1.82, 2.24) is 25.5 Å². The number of carbonyl (C=O) groups excluding carboxylic acids is 3. The molecule has 1 fully saturated rings. The van der Waals surface area contributed by atoms with Gasteiger partial charge in [-0.3, -0.25) is 14.4 Å². The Morgan fingerprint density at radius 1 is 1.26 bits per heavy atom. The third-order valence-electron chi connectivity index (χ3n) is 5.16. The third kappa shape index (κ3) is 6.78. The van der Waals surface area contributed by atoms with Gasteiger partial charge in [-0.2, -0.15) is 0 Å². The Labute approximate surface area is 181 Å². The highest BCUT2D eigenvalue weighted by Gasteiger charge is 2.37. The first kappa shape index (κ1) is 24.3. The first-order valence-electron chi connectivity index (χ1n) is 10.5. The minimum atomic E-state index is -1.14. The second-order valence-electron chi connectivity index (χ2n) is 8.35. The summed E-state index contributed by atoms with van der Waals surface area (Å²) in [5, 5.41) is 14.6. The molecule has 31 heavy (non-hydrogen) atoms. The van der Waals surface area contributed by atoms with Crippen molar-refractivity contribution in [3.8, 4) is 0 Å². The average molecular weight is 437 g/mol. The number of H-pyrrole nitrogens is 1. The van der Waals surface area contributed by atoms with Crippen LogP contribution in [-0.4, -0.2) is 74.4 Å². The van der Waals surface area contributed by atoms with Crippen LogP contribution in [0.4, 0.5) is 0 Å². The highest BCUT2D eigenvalue weighted by molar-refractivity contribution is 5.94. The maximum Gasteiger partial charge on any atom is 0.326 e. The fraction of sp³-hybridized carbons (Fsp3) is 0.650. The van der Waals surface area contributed by atoms with E-state index in [1.807, 2.05) is 13.8 Å². The molecular weight excluding hydrogens is 404 g/mol. The number of nitrogens with one attached hydrogen (secondary N) is 3. The van der Waals surface area contributed by atoms with Crippen LogP contribution < -0.4 is 16.4 Å². The van der Waals surface area contributed by atoms with Crippen LogP contribution in [0.3, 0.4) is 0 Å². The van der Waals surface area contributed by atoms with Gasteiger partial charge in [0, 0.05) is 24.9 Å². The molecule has 1 aromatic rings. The molecule has 172 valence electrons. The van der Waals surface area contributed by atoms with E-state index in [0.29, 0.717) is 25.1 Å². The number of hydrogen-bond acceptors (Lipinski definition) is 6. The molecule has 0 aliphatic carbocycles. The molecule has 1 aliphatic heterocycles. The summed E-state index contributed by atoms with van der Waals surface area (Å²) in [6.07, 6.45) is 4.45. The number of aliphatic carboxylic acids is 1. The molecule has 0 radical (unpaired) electrons. The van der Waals surface area contributed by atoms with Crippen LogP contribution in [0.1, 0.15) is 45.7 Å². The van der Waals surface area contributed by atoms with E-state index in [4.69, 9.17) is 5.73 Å². The fourth-order valence-electron chi connectivity index (χ4n) is 3.62. The molecule has 4 atom stereocenters. The van der Waals surface area contributed by atoms with Crippen LogP contribution in [-0.2, 0) is 25.6 Å². The number of carboxylic acid groups (broad SMARTS) is 1. The van der Waals surface area contributed by atoms with Gasteiger partial charge in [0.05, 0.1) is 12.4 Å². The zero-order chi connectivity index (χ0) is 23.1. The number of hydrogen-bond donors (Lipinski definition) is 5. The predicted molar refractivity (Wildman–Crippen MR) is 112 cm³/mol.